The number of ether oxygens (including phenoxy) is 2. The summed E-state index contributed by atoms with van der Waals surface area (Å²) >= 11 is 0. The highest BCUT2D eigenvalue weighted by atomic mass is 31.2. The van der Waals surface area contributed by atoms with E-state index in [-0.39, 0.29) is 12.8 Å². The molecule has 14 nitrogen and oxygen atoms in total. The third-order valence-electron chi connectivity index (χ3n) is 8.60. The predicted octanol–water partition coefficient (Wildman–Crippen LogP) is 10.3. The van der Waals surface area contributed by atoms with Gasteiger partial charge in [-0.05, 0) is 83.5 Å². The molecule has 0 fully saturated rings. The molecule has 62 heavy (non-hydrogen) atoms. The average Bonchev–Trinajstić information content (AvgIpc) is 3.23. The fourth-order valence-electron chi connectivity index (χ4n) is 5.10. The first-order chi connectivity index (χ1) is 29.8. The molecule has 0 aliphatic heterocycles. The lowest BCUT2D eigenvalue weighted by atomic mass is 10.1. The molecule has 0 aliphatic rings. The lowest BCUT2D eigenvalue weighted by Crippen LogP contribution is -2.29. The van der Waals surface area contributed by atoms with Gasteiger partial charge in [0.15, 0.2) is 6.10 Å². The Morgan fingerprint density at radius 1 is 0.532 bits per heavy atom. The molecule has 16 heteroatoms. The summed E-state index contributed by atoms with van der Waals surface area (Å²) in [5.74, 6) is -1.15. The molecule has 0 aromatic heterocycles. The summed E-state index contributed by atoms with van der Waals surface area (Å²) in [6.45, 7) is 1.28. The fraction of sp³-hybridized carbons (Fsp3) is 0.609. The molecule has 0 saturated carbocycles. The summed E-state index contributed by atoms with van der Waals surface area (Å²) in [4.78, 5) is 52.7. The molecule has 1 unspecified atom stereocenters. The zero-order valence-corrected chi connectivity index (χ0v) is 38.8. The van der Waals surface area contributed by atoms with Crippen molar-refractivity contribution in [2.24, 2.45) is 0 Å². The summed E-state index contributed by atoms with van der Waals surface area (Å²) in [7, 11) is -9.72. The van der Waals surface area contributed by atoms with Crippen LogP contribution in [0, 0.1) is 0 Å². The fourth-order valence-corrected chi connectivity index (χ4v) is 6.26. The molecule has 0 aliphatic carbocycles. The van der Waals surface area contributed by atoms with Crippen molar-refractivity contribution < 1.29 is 66.7 Å². The number of aliphatic hydroxyl groups is 2. The summed E-state index contributed by atoms with van der Waals surface area (Å²) in [6, 6.07) is 0. The van der Waals surface area contributed by atoms with Crippen LogP contribution in [0.4, 0.5) is 0 Å². The SMILES string of the molecule is CCCCC/C=C\C/C=C\C/C=C\CCCCCCC(=O)OC[C@H](COP(=O)(O)OC[C@@H](O)COP(=O)(O)O)OC(=O)CCC/C=C\C/C=C\C/C=C\C/C=C\C=C\[C@H](O)CC. The Bertz CT molecular complexity index is 1480. The van der Waals surface area contributed by atoms with Crippen molar-refractivity contribution in [2.75, 3.05) is 26.4 Å². The highest BCUT2D eigenvalue weighted by molar-refractivity contribution is 7.47. The normalized spacial score (nSPS) is 15.4. The van der Waals surface area contributed by atoms with Gasteiger partial charge in [0.25, 0.3) is 0 Å². The summed E-state index contributed by atoms with van der Waals surface area (Å²) in [6.07, 6.45) is 44.9. The topological polar surface area (TPSA) is 216 Å². The zero-order chi connectivity index (χ0) is 46.0. The quantitative estimate of drug-likeness (QED) is 0.0127. The van der Waals surface area contributed by atoms with Gasteiger partial charge in [-0.2, -0.15) is 0 Å². The second-order valence-corrected chi connectivity index (χ2v) is 17.1. The third kappa shape index (κ3) is 43.6. The van der Waals surface area contributed by atoms with Gasteiger partial charge in [0.05, 0.1) is 25.9 Å². The number of esters is 2. The molecule has 4 atom stereocenters. The van der Waals surface area contributed by atoms with E-state index in [9.17, 15) is 33.8 Å². The molecule has 5 N–H and O–H groups in total. The zero-order valence-electron chi connectivity index (χ0n) is 37.0. The van der Waals surface area contributed by atoms with Gasteiger partial charge >= 0.3 is 27.6 Å². The van der Waals surface area contributed by atoms with E-state index in [0.29, 0.717) is 25.7 Å². The van der Waals surface area contributed by atoms with Gasteiger partial charge in [0.1, 0.15) is 12.7 Å². The first kappa shape index (κ1) is 59.0. The number of carbonyl (C=O) groups excluding carboxylic acids is 2. The van der Waals surface area contributed by atoms with E-state index in [1.807, 2.05) is 43.4 Å². The molecule has 0 amide bonds. The Hall–Kier alpha value is -3.00. The van der Waals surface area contributed by atoms with Gasteiger partial charge < -0.3 is 34.4 Å². The van der Waals surface area contributed by atoms with Gasteiger partial charge in [-0.25, -0.2) is 9.13 Å². The number of phosphoric ester groups is 2. The minimum Gasteiger partial charge on any atom is -0.462 e. The highest BCUT2D eigenvalue weighted by Gasteiger charge is 2.28. The van der Waals surface area contributed by atoms with E-state index in [1.54, 1.807) is 6.08 Å². The standard InChI is InChI=1S/C46H76O14P2/c1-3-5-6-7-8-9-10-11-12-13-14-18-21-24-27-30-33-36-45(49)56-40-44(41-59-62(54,55)58-39-43(48)38-57-61(51,52)53)60-46(50)37-34-31-28-25-22-19-16-15-17-20-23-26-29-32-35-42(47)4-2/h8-9,11-12,14,16-20,25-26,28-29,32,35,42-44,47-48H,3-7,10,13,15,21-24,27,30-31,33-34,36-41H2,1-2H3,(H,54,55)(H2,51,52,53)/b9-8-,12-11-,18-14-,19-16-,20-17-,28-25-,29-26-,35-32+/t42-,43+,44-/m1/s1. The Balaban J connectivity index is 4.69. The Morgan fingerprint density at radius 2 is 1.02 bits per heavy atom. The number of allylic oxidation sites excluding steroid dienone is 15. The van der Waals surface area contributed by atoms with Crippen molar-refractivity contribution in [3.05, 3.63) is 97.2 Å². The molecule has 0 spiro atoms. The predicted molar refractivity (Wildman–Crippen MR) is 245 cm³/mol. The van der Waals surface area contributed by atoms with Crippen LogP contribution >= 0.6 is 15.6 Å². The minimum absolute atomic E-state index is 0.0284. The third-order valence-corrected chi connectivity index (χ3v) is 10.0. The lowest BCUT2D eigenvalue weighted by molar-refractivity contribution is -0.161. The van der Waals surface area contributed by atoms with Crippen molar-refractivity contribution in [1.82, 2.24) is 0 Å². The summed E-state index contributed by atoms with van der Waals surface area (Å²) < 4.78 is 47.7. The average molecular weight is 915 g/mol. The van der Waals surface area contributed by atoms with Crippen LogP contribution in [0.2, 0.25) is 0 Å². The second kappa shape index (κ2) is 40.8. The number of phosphoric acid groups is 2. The number of rotatable bonds is 40. The van der Waals surface area contributed by atoms with E-state index < -0.39 is 72.3 Å². The highest BCUT2D eigenvalue weighted by Crippen LogP contribution is 2.43. The number of hydrogen-bond acceptors (Lipinski definition) is 11. The van der Waals surface area contributed by atoms with E-state index >= 15 is 0 Å². The minimum atomic E-state index is -4.88. The maximum absolute atomic E-state index is 12.6. The molecule has 0 heterocycles. The summed E-state index contributed by atoms with van der Waals surface area (Å²) in [5, 5.41) is 19.2. The molecular weight excluding hydrogens is 838 g/mol. The molecule has 0 aromatic rings. The van der Waals surface area contributed by atoms with Gasteiger partial charge in [-0.15, -0.1) is 0 Å². The van der Waals surface area contributed by atoms with Crippen LogP contribution in [-0.4, -0.2) is 81.6 Å². The largest absolute Gasteiger partial charge is 0.472 e. The van der Waals surface area contributed by atoms with E-state index in [4.69, 9.17) is 23.8 Å². The maximum Gasteiger partial charge on any atom is 0.472 e. The Morgan fingerprint density at radius 3 is 1.58 bits per heavy atom. The molecular formula is C46H76O14P2. The van der Waals surface area contributed by atoms with Crippen LogP contribution in [0.15, 0.2) is 97.2 Å². The molecule has 0 bridgehead atoms. The maximum atomic E-state index is 12.6. The van der Waals surface area contributed by atoms with Crippen LogP contribution < -0.4 is 0 Å². The van der Waals surface area contributed by atoms with Crippen LogP contribution in [0.3, 0.4) is 0 Å². The van der Waals surface area contributed by atoms with Crippen molar-refractivity contribution in [3.63, 3.8) is 0 Å². The monoisotopic (exact) mass is 914 g/mol. The van der Waals surface area contributed by atoms with Crippen LogP contribution in [0.25, 0.3) is 0 Å². The number of aliphatic hydroxyl groups excluding tert-OH is 2. The van der Waals surface area contributed by atoms with Crippen LogP contribution in [0.1, 0.15) is 136 Å². The molecule has 0 aromatic carbocycles. The summed E-state index contributed by atoms with van der Waals surface area (Å²) in [5.41, 5.74) is 0. The van der Waals surface area contributed by atoms with E-state index in [2.05, 4.69) is 70.7 Å². The number of carbonyl (C=O) groups is 2. The Labute approximate surface area is 371 Å². The van der Waals surface area contributed by atoms with Gasteiger partial charge in [0.2, 0.25) is 0 Å². The van der Waals surface area contributed by atoms with E-state index in [0.717, 1.165) is 64.2 Å². The van der Waals surface area contributed by atoms with Crippen LogP contribution in [-0.2, 0) is 41.8 Å². The second-order valence-electron chi connectivity index (χ2n) is 14.4. The molecule has 0 rings (SSSR count). The molecule has 0 saturated heterocycles. The van der Waals surface area contributed by atoms with Crippen molar-refractivity contribution in [1.29, 1.82) is 0 Å². The molecule has 0 radical (unpaired) electrons. The first-order valence-electron chi connectivity index (χ1n) is 22.0. The van der Waals surface area contributed by atoms with Gasteiger partial charge in [-0.1, -0.05) is 137 Å². The lowest BCUT2D eigenvalue weighted by Gasteiger charge is -2.20. The number of unbranched alkanes of at least 4 members (excludes halogenated alkanes) is 8. The molecule has 354 valence electrons. The van der Waals surface area contributed by atoms with E-state index in [1.165, 1.54) is 19.3 Å². The van der Waals surface area contributed by atoms with Crippen molar-refractivity contribution in [2.45, 2.75) is 154 Å². The van der Waals surface area contributed by atoms with Crippen LogP contribution in [0.5, 0.6) is 0 Å². The first-order valence-corrected chi connectivity index (χ1v) is 25.1. The number of hydrogen-bond donors (Lipinski definition) is 5. The smallest absolute Gasteiger partial charge is 0.462 e. The van der Waals surface area contributed by atoms with Crippen molar-refractivity contribution in [3.8, 4) is 0 Å². The Kier molecular flexibility index (Phi) is 38.8. The van der Waals surface area contributed by atoms with Gasteiger partial charge in [-0.3, -0.25) is 23.2 Å². The van der Waals surface area contributed by atoms with Crippen molar-refractivity contribution >= 4 is 27.6 Å². The van der Waals surface area contributed by atoms with Gasteiger partial charge in [0, 0.05) is 12.8 Å².